The first-order chi connectivity index (χ1) is 11.5. The minimum absolute atomic E-state index is 0.00893. The topological polar surface area (TPSA) is 49.4 Å². The summed E-state index contributed by atoms with van der Waals surface area (Å²) in [5.41, 5.74) is 3.35. The summed E-state index contributed by atoms with van der Waals surface area (Å²) in [4.78, 5) is 25.8. The number of hydrogen-bond donors (Lipinski definition) is 1. The van der Waals surface area contributed by atoms with E-state index in [4.69, 9.17) is 6.42 Å². The molecule has 2 aromatic rings. The van der Waals surface area contributed by atoms with Gasteiger partial charge in [0.05, 0.1) is 13.0 Å². The van der Waals surface area contributed by atoms with E-state index in [0.29, 0.717) is 11.3 Å². The van der Waals surface area contributed by atoms with E-state index >= 15 is 0 Å². The van der Waals surface area contributed by atoms with Gasteiger partial charge in [-0.1, -0.05) is 36.3 Å². The lowest BCUT2D eigenvalue weighted by Crippen LogP contribution is -2.35. The number of rotatable bonds is 5. The second kappa shape index (κ2) is 7.98. The number of carbonyl (C=O) groups excluding carboxylic acids is 2. The number of benzene rings is 2. The van der Waals surface area contributed by atoms with Gasteiger partial charge in [0, 0.05) is 18.3 Å². The molecule has 2 amide bonds. The van der Waals surface area contributed by atoms with Crippen LogP contribution in [0.3, 0.4) is 0 Å². The van der Waals surface area contributed by atoms with Gasteiger partial charge in [-0.2, -0.15) is 0 Å². The average molecular weight is 320 g/mol. The molecule has 0 unspecified atom stereocenters. The molecule has 1 N–H and O–H groups in total. The minimum Gasteiger partial charge on any atom is -0.336 e. The molecule has 0 bridgehead atoms. The summed E-state index contributed by atoms with van der Waals surface area (Å²) in [5, 5.41) is 2.75. The van der Waals surface area contributed by atoms with Crippen molar-refractivity contribution >= 4 is 17.5 Å². The highest BCUT2D eigenvalue weighted by atomic mass is 16.2. The number of nitrogens with one attached hydrogen (secondary N) is 1. The predicted octanol–water partition coefficient (Wildman–Crippen LogP) is 2.62. The van der Waals surface area contributed by atoms with Gasteiger partial charge < -0.3 is 10.2 Å². The van der Waals surface area contributed by atoms with Crippen LogP contribution in [0.4, 0.5) is 5.69 Å². The van der Waals surface area contributed by atoms with E-state index in [1.165, 1.54) is 4.90 Å². The second-order valence-corrected chi connectivity index (χ2v) is 5.63. The molecular weight excluding hydrogens is 300 g/mol. The summed E-state index contributed by atoms with van der Waals surface area (Å²) in [6.07, 6.45) is 5.62. The van der Waals surface area contributed by atoms with Crippen LogP contribution in [0.1, 0.15) is 16.7 Å². The fourth-order valence-corrected chi connectivity index (χ4v) is 2.30. The fourth-order valence-electron chi connectivity index (χ4n) is 2.30. The number of aryl methyl sites for hydroxylation is 1. The Bertz CT molecular complexity index is 790. The Morgan fingerprint density at radius 3 is 2.62 bits per heavy atom. The lowest BCUT2D eigenvalue weighted by Gasteiger charge is -2.17. The maximum Gasteiger partial charge on any atom is 0.243 e. The highest BCUT2D eigenvalue weighted by molar-refractivity contribution is 5.94. The Balaban J connectivity index is 1.92. The molecule has 4 heteroatoms. The molecular formula is C20H20N2O2. The number of amides is 2. The molecule has 122 valence electrons. The van der Waals surface area contributed by atoms with E-state index in [0.717, 1.165) is 11.1 Å². The molecule has 2 aromatic carbocycles. The third kappa shape index (κ3) is 4.72. The van der Waals surface area contributed by atoms with Crippen LogP contribution in [-0.2, 0) is 16.0 Å². The Kier molecular flexibility index (Phi) is 5.75. The molecule has 0 heterocycles. The maximum atomic E-state index is 12.3. The standard InChI is InChI=1S/C20H20N2O2/c1-4-16-9-7-11-18(12-16)21-19(23)14-22(3)20(24)13-17-10-6-5-8-15(17)2/h1,5-12H,13-14H2,2-3H3,(H,21,23). The number of terminal acetylenes is 1. The van der Waals surface area contributed by atoms with E-state index in [1.54, 1.807) is 31.3 Å². The zero-order valence-electron chi connectivity index (χ0n) is 13.9. The van der Waals surface area contributed by atoms with Gasteiger partial charge in [0.2, 0.25) is 11.8 Å². The highest BCUT2D eigenvalue weighted by Crippen LogP contribution is 2.11. The number of anilines is 1. The highest BCUT2D eigenvalue weighted by Gasteiger charge is 2.14. The molecule has 0 radical (unpaired) electrons. The summed E-state index contributed by atoms with van der Waals surface area (Å²) in [7, 11) is 1.62. The predicted molar refractivity (Wildman–Crippen MR) is 95.5 cm³/mol. The summed E-state index contributed by atoms with van der Waals surface area (Å²) in [6.45, 7) is 1.96. The molecule has 0 spiro atoms. The summed E-state index contributed by atoms with van der Waals surface area (Å²) in [6, 6.07) is 14.8. The van der Waals surface area contributed by atoms with Gasteiger partial charge in [0.1, 0.15) is 0 Å². The van der Waals surface area contributed by atoms with Crippen LogP contribution >= 0.6 is 0 Å². The maximum absolute atomic E-state index is 12.3. The number of likely N-dealkylation sites (N-methyl/N-ethyl adjacent to an activating group) is 1. The lowest BCUT2D eigenvalue weighted by atomic mass is 10.1. The van der Waals surface area contributed by atoms with Crippen molar-refractivity contribution in [2.75, 3.05) is 18.9 Å². The van der Waals surface area contributed by atoms with Crippen LogP contribution < -0.4 is 5.32 Å². The van der Waals surface area contributed by atoms with E-state index in [9.17, 15) is 9.59 Å². The van der Waals surface area contributed by atoms with Gasteiger partial charge in [-0.3, -0.25) is 9.59 Å². The average Bonchev–Trinajstić information content (AvgIpc) is 2.56. The SMILES string of the molecule is C#Cc1cccc(NC(=O)CN(C)C(=O)Cc2ccccc2C)c1. The Morgan fingerprint density at radius 2 is 1.92 bits per heavy atom. The molecule has 4 nitrogen and oxygen atoms in total. The molecule has 0 aliphatic rings. The largest absolute Gasteiger partial charge is 0.336 e. The van der Waals surface area contributed by atoms with Gasteiger partial charge in [0.25, 0.3) is 0 Å². The van der Waals surface area contributed by atoms with Crippen LogP contribution in [0.25, 0.3) is 0 Å². The Morgan fingerprint density at radius 1 is 1.17 bits per heavy atom. The molecule has 24 heavy (non-hydrogen) atoms. The first-order valence-corrected chi connectivity index (χ1v) is 7.64. The lowest BCUT2D eigenvalue weighted by molar-refractivity contribution is -0.132. The van der Waals surface area contributed by atoms with Gasteiger partial charge in [-0.05, 0) is 36.2 Å². The third-order valence-corrected chi connectivity index (χ3v) is 3.72. The van der Waals surface area contributed by atoms with E-state index < -0.39 is 0 Å². The monoisotopic (exact) mass is 320 g/mol. The fraction of sp³-hybridized carbons (Fsp3) is 0.200. The van der Waals surface area contributed by atoms with Crippen LogP contribution in [0.15, 0.2) is 48.5 Å². The summed E-state index contributed by atoms with van der Waals surface area (Å²) < 4.78 is 0. The van der Waals surface area contributed by atoms with Gasteiger partial charge >= 0.3 is 0 Å². The van der Waals surface area contributed by atoms with Crippen LogP contribution in [0.5, 0.6) is 0 Å². The van der Waals surface area contributed by atoms with Crippen molar-refractivity contribution in [2.24, 2.45) is 0 Å². The number of hydrogen-bond acceptors (Lipinski definition) is 2. The van der Waals surface area contributed by atoms with Gasteiger partial charge in [-0.25, -0.2) is 0 Å². The van der Waals surface area contributed by atoms with Crippen molar-refractivity contribution in [2.45, 2.75) is 13.3 Å². The number of nitrogens with zero attached hydrogens (tertiary/aromatic N) is 1. The van der Waals surface area contributed by atoms with E-state index in [2.05, 4.69) is 11.2 Å². The van der Waals surface area contributed by atoms with Crippen LogP contribution in [0.2, 0.25) is 0 Å². The summed E-state index contributed by atoms with van der Waals surface area (Å²) >= 11 is 0. The Labute approximate surface area is 142 Å². The van der Waals surface area contributed by atoms with Crippen LogP contribution in [-0.4, -0.2) is 30.3 Å². The molecule has 0 saturated carbocycles. The summed E-state index contributed by atoms with van der Waals surface area (Å²) in [5.74, 6) is 2.16. The normalized spacial score (nSPS) is 9.88. The van der Waals surface area contributed by atoms with Crippen molar-refractivity contribution in [3.05, 3.63) is 65.2 Å². The first kappa shape index (κ1) is 17.3. The van der Waals surface area contributed by atoms with Crippen molar-refractivity contribution in [1.82, 2.24) is 4.90 Å². The van der Waals surface area contributed by atoms with Gasteiger partial charge in [-0.15, -0.1) is 6.42 Å². The Hall–Kier alpha value is -3.06. The first-order valence-electron chi connectivity index (χ1n) is 7.64. The molecule has 0 aromatic heterocycles. The number of carbonyl (C=O) groups is 2. The van der Waals surface area contributed by atoms with Crippen molar-refractivity contribution < 1.29 is 9.59 Å². The quantitative estimate of drug-likeness (QED) is 0.861. The molecule has 2 rings (SSSR count). The molecule has 0 atom stereocenters. The molecule has 0 aliphatic heterocycles. The van der Waals surface area contributed by atoms with Crippen molar-refractivity contribution in [3.8, 4) is 12.3 Å². The minimum atomic E-state index is -0.259. The molecule has 0 saturated heterocycles. The zero-order valence-corrected chi connectivity index (χ0v) is 13.9. The third-order valence-electron chi connectivity index (χ3n) is 3.72. The zero-order chi connectivity index (χ0) is 17.5. The molecule has 0 fully saturated rings. The van der Waals surface area contributed by atoms with E-state index in [1.807, 2.05) is 31.2 Å². The molecule has 0 aliphatic carbocycles. The smallest absolute Gasteiger partial charge is 0.243 e. The van der Waals surface area contributed by atoms with Gasteiger partial charge in [0.15, 0.2) is 0 Å². The van der Waals surface area contributed by atoms with Crippen molar-refractivity contribution in [1.29, 1.82) is 0 Å². The second-order valence-electron chi connectivity index (χ2n) is 5.63. The van der Waals surface area contributed by atoms with Crippen LogP contribution in [0, 0.1) is 19.3 Å². The van der Waals surface area contributed by atoms with E-state index in [-0.39, 0.29) is 24.8 Å². The van der Waals surface area contributed by atoms with Crippen molar-refractivity contribution in [3.63, 3.8) is 0 Å².